The summed E-state index contributed by atoms with van der Waals surface area (Å²) in [6.07, 6.45) is -2.39. The lowest BCUT2D eigenvalue weighted by molar-refractivity contribution is 0.0187. The molecule has 0 aliphatic rings. The summed E-state index contributed by atoms with van der Waals surface area (Å²) in [6, 6.07) is 8.03. The number of halogens is 2. The third kappa shape index (κ3) is 6.64. The van der Waals surface area contributed by atoms with Crippen LogP contribution in [0.4, 0.5) is 8.78 Å². The van der Waals surface area contributed by atoms with Crippen LogP contribution in [0.15, 0.2) is 24.3 Å². The van der Waals surface area contributed by atoms with E-state index >= 15 is 0 Å². The highest BCUT2D eigenvalue weighted by Crippen LogP contribution is 2.06. The van der Waals surface area contributed by atoms with E-state index < -0.39 is 13.0 Å². The van der Waals surface area contributed by atoms with Crippen LogP contribution in [-0.4, -0.2) is 33.3 Å². The molecular formula is C13H19F2NO2. The molecule has 0 fully saturated rings. The van der Waals surface area contributed by atoms with E-state index in [0.717, 1.165) is 11.1 Å². The minimum absolute atomic E-state index is 0.294. The van der Waals surface area contributed by atoms with Gasteiger partial charge in [0.05, 0.1) is 13.2 Å². The normalized spacial score (nSPS) is 11.1. The number of methoxy groups -OCH3 is 1. The van der Waals surface area contributed by atoms with E-state index in [-0.39, 0.29) is 0 Å². The molecule has 3 nitrogen and oxygen atoms in total. The number of benzene rings is 1. The number of alkyl halides is 2. The molecular weight excluding hydrogens is 240 g/mol. The van der Waals surface area contributed by atoms with Gasteiger partial charge in [-0.05, 0) is 11.1 Å². The molecule has 0 amide bonds. The largest absolute Gasteiger partial charge is 0.380 e. The van der Waals surface area contributed by atoms with Gasteiger partial charge in [-0.1, -0.05) is 24.3 Å². The lowest BCUT2D eigenvalue weighted by atomic mass is 10.1. The standard InChI is InChI=1S/C13H19F2NO2/c1-17-9-12-4-2-3-11(7-12)8-16-5-6-18-10-13(14)15/h2-4,7,13,16H,5-6,8-10H2,1H3. The Balaban J connectivity index is 2.16. The second kappa shape index (κ2) is 8.97. The Kier molecular flexibility index (Phi) is 7.48. The zero-order valence-electron chi connectivity index (χ0n) is 10.5. The van der Waals surface area contributed by atoms with Crippen molar-refractivity contribution in [3.8, 4) is 0 Å². The van der Waals surface area contributed by atoms with Gasteiger partial charge in [-0.25, -0.2) is 8.78 Å². The molecule has 1 rings (SSSR count). The van der Waals surface area contributed by atoms with Crippen LogP contribution in [-0.2, 0) is 22.6 Å². The number of ether oxygens (including phenoxy) is 2. The van der Waals surface area contributed by atoms with Gasteiger partial charge in [0, 0.05) is 20.2 Å². The molecule has 1 N–H and O–H groups in total. The summed E-state index contributed by atoms with van der Waals surface area (Å²) >= 11 is 0. The fraction of sp³-hybridized carbons (Fsp3) is 0.538. The number of rotatable bonds is 9. The molecule has 5 heteroatoms. The maximum absolute atomic E-state index is 11.8. The molecule has 18 heavy (non-hydrogen) atoms. The van der Waals surface area contributed by atoms with Gasteiger partial charge in [-0.15, -0.1) is 0 Å². The number of nitrogens with one attached hydrogen (secondary N) is 1. The topological polar surface area (TPSA) is 30.5 Å². The third-order valence-corrected chi connectivity index (χ3v) is 2.30. The molecule has 0 bridgehead atoms. The number of hydrogen-bond donors (Lipinski definition) is 1. The van der Waals surface area contributed by atoms with Gasteiger partial charge in [-0.2, -0.15) is 0 Å². The Labute approximate surface area is 106 Å². The average Bonchev–Trinajstić information content (AvgIpc) is 2.34. The first-order valence-corrected chi connectivity index (χ1v) is 5.85. The summed E-state index contributed by atoms with van der Waals surface area (Å²) in [7, 11) is 1.66. The monoisotopic (exact) mass is 259 g/mol. The SMILES string of the molecule is COCc1cccc(CNCCOCC(F)F)c1. The van der Waals surface area contributed by atoms with Crippen LogP contribution in [0.3, 0.4) is 0 Å². The Bertz CT molecular complexity index is 335. The predicted molar refractivity (Wildman–Crippen MR) is 65.7 cm³/mol. The van der Waals surface area contributed by atoms with Crippen molar-refractivity contribution in [1.29, 1.82) is 0 Å². The van der Waals surface area contributed by atoms with E-state index in [0.29, 0.717) is 26.3 Å². The smallest absolute Gasteiger partial charge is 0.261 e. The molecule has 0 saturated heterocycles. The minimum atomic E-state index is -2.39. The molecule has 1 aromatic carbocycles. The molecule has 102 valence electrons. The summed E-state index contributed by atoms with van der Waals surface area (Å²) in [4.78, 5) is 0. The molecule has 0 aliphatic heterocycles. The average molecular weight is 259 g/mol. The Morgan fingerprint density at radius 3 is 2.78 bits per heavy atom. The van der Waals surface area contributed by atoms with Crippen molar-refractivity contribution in [2.45, 2.75) is 19.6 Å². The van der Waals surface area contributed by atoms with Gasteiger partial charge < -0.3 is 14.8 Å². The van der Waals surface area contributed by atoms with Gasteiger partial charge in [0.15, 0.2) is 0 Å². The second-order valence-electron chi connectivity index (χ2n) is 3.90. The highest BCUT2D eigenvalue weighted by Gasteiger charge is 2.01. The van der Waals surface area contributed by atoms with Crippen molar-refractivity contribution >= 4 is 0 Å². The van der Waals surface area contributed by atoms with Gasteiger partial charge in [-0.3, -0.25) is 0 Å². The van der Waals surface area contributed by atoms with Crippen LogP contribution in [0.5, 0.6) is 0 Å². The minimum Gasteiger partial charge on any atom is -0.380 e. The number of hydrogen-bond acceptors (Lipinski definition) is 3. The molecule has 0 aliphatic carbocycles. The van der Waals surface area contributed by atoms with Gasteiger partial charge >= 0.3 is 0 Å². The summed E-state index contributed by atoms with van der Waals surface area (Å²) in [5.74, 6) is 0. The first kappa shape index (κ1) is 15.0. The van der Waals surface area contributed by atoms with E-state index in [2.05, 4.69) is 11.4 Å². The fourth-order valence-corrected chi connectivity index (χ4v) is 1.55. The van der Waals surface area contributed by atoms with Crippen molar-refractivity contribution < 1.29 is 18.3 Å². The molecule has 0 saturated carbocycles. The first-order valence-electron chi connectivity index (χ1n) is 5.85. The van der Waals surface area contributed by atoms with Crippen molar-refractivity contribution in [2.75, 3.05) is 26.9 Å². The van der Waals surface area contributed by atoms with Crippen LogP contribution in [0, 0.1) is 0 Å². The maximum Gasteiger partial charge on any atom is 0.261 e. The van der Waals surface area contributed by atoms with Crippen LogP contribution >= 0.6 is 0 Å². The Morgan fingerprint density at radius 2 is 2.06 bits per heavy atom. The van der Waals surface area contributed by atoms with Gasteiger partial charge in [0.25, 0.3) is 6.43 Å². The predicted octanol–water partition coefficient (Wildman–Crippen LogP) is 2.20. The maximum atomic E-state index is 11.8. The summed E-state index contributed by atoms with van der Waals surface area (Å²) in [5.41, 5.74) is 2.25. The zero-order valence-corrected chi connectivity index (χ0v) is 10.5. The van der Waals surface area contributed by atoms with Crippen LogP contribution < -0.4 is 5.32 Å². The Morgan fingerprint density at radius 1 is 1.28 bits per heavy atom. The van der Waals surface area contributed by atoms with Crippen molar-refractivity contribution in [1.82, 2.24) is 5.32 Å². The van der Waals surface area contributed by atoms with Gasteiger partial charge in [0.2, 0.25) is 0 Å². The molecule has 0 aromatic heterocycles. The lowest BCUT2D eigenvalue weighted by Crippen LogP contribution is -2.20. The molecule has 0 radical (unpaired) electrons. The van der Waals surface area contributed by atoms with E-state index in [1.807, 2.05) is 18.2 Å². The summed E-state index contributed by atoms with van der Waals surface area (Å²) < 4.78 is 33.4. The highest BCUT2D eigenvalue weighted by molar-refractivity contribution is 5.22. The van der Waals surface area contributed by atoms with Gasteiger partial charge in [0.1, 0.15) is 6.61 Å². The lowest BCUT2D eigenvalue weighted by Gasteiger charge is -2.07. The van der Waals surface area contributed by atoms with E-state index in [1.54, 1.807) is 7.11 Å². The molecule has 0 heterocycles. The Hall–Kier alpha value is -1.04. The second-order valence-corrected chi connectivity index (χ2v) is 3.90. The molecule has 0 unspecified atom stereocenters. The molecule has 1 aromatic rings. The molecule has 0 atom stereocenters. The van der Waals surface area contributed by atoms with Crippen LogP contribution in [0.25, 0.3) is 0 Å². The summed E-state index contributed by atoms with van der Waals surface area (Å²) in [6.45, 7) is 1.63. The first-order chi connectivity index (χ1) is 8.72. The van der Waals surface area contributed by atoms with Crippen molar-refractivity contribution in [3.63, 3.8) is 0 Å². The van der Waals surface area contributed by atoms with Crippen molar-refractivity contribution in [3.05, 3.63) is 35.4 Å². The molecule has 0 spiro atoms. The summed E-state index contributed by atoms with van der Waals surface area (Å²) in [5, 5.41) is 3.13. The van der Waals surface area contributed by atoms with E-state index in [9.17, 15) is 8.78 Å². The quantitative estimate of drug-likeness (QED) is 0.690. The van der Waals surface area contributed by atoms with E-state index in [1.165, 1.54) is 0 Å². The van der Waals surface area contributed by atoms with Crippen molar-refractivity contribution in [2.24, 2.45) is 0 Å². The van der Waals surface area contributed by atoms with Crippen LogP contribution in [0.1, 0.15) is 11.1 Å². The highest BCUT2D eigenvalue weighted by atomic mass is 19.3. The fourth-order valence-electron chi connectivity index (χ4n) is 1.55. The van der Waals surface area contributed by atoms with Crippen LogP contribution in [0.2, 0.25) is 0 Å². The van der Waals surface area contributed by atoms with E-state index in [4.69, 9.17) is 9.47 Å². The third-order valence-electron chi connectivity index (χ3n) is 2.30. The zero-order chi connectivity index (χ0) is 13.2.